The van der Waals surface area contributed by atoms with E-state index in [9.17, 15) is 8.42 Å². The zero-order valence-electron chi connectivity index (χ0n) is 9.14. The molecule has 0 heterocycles. The average Bonchev–Trinajstić information content (AvgIpc) is 2.14. The van der Waals surface area contributed by atoms with E-state index in [0.717, 1.165) is 0 Å². The molecule has 0 radical (unpaired) electrons. The Morgan fingerprint density at radius 1 is 1.53 bits per heavy atom. The number of nitrogens with two attached hydrogens (primary N) is 1. The smallest absolute Gasteiger partial charge is 0.213 e. The first kappa shape index (κ1) is 14.8. The molecule has 0 aliphatic rings. The molecule has 0 aromatic carbocycles. The second-order valence-electron chi connectivity index (χ2n) is 3.27. The van der Waals surface area contributed by atoms with Crippen molar-refractivity contribution in [2.75, 3.05) is 25.5 Å². The highest BCUT2D eigenvalue weighted by molar-refractivity contribution is 7.89. The summed E-state index contributed by atoms with van der Waals surface area (Å²) in [5.41, 5.74) is 5.47. The van der Waals surface area contributed by atoms with Crippen LogP contribution in [-0.4, -0.2) is 51.2 Å². The molecule has 0 rings (SSSR count). The van der Waals surface area contributed by atoms with Crippen molar-refractivity contribution >= 4 is 10.0 Å². The number of hydrogen-bond donors (Lipinski definition) is 3. The first-order chi connectivity index (χ1) is 6.89. The number of rotatable bonds is 8. The summed E-state index contributed by atoms with van der Waals surface area (Å²) in [5, 5.41) is 9.05. The Morgan fingerprint density at radius 3 is 2.60 bits per heavy atom. The number of nitrogens with one attached hydrogen (secondary N) is 1. The van der Waals surface area contributed by atoms with Crippen LogP contribution in [0.2, 0.25) is 0 Å². The van der Waals surface area contributed by atoms with Crippen LogP contribution < -0.4 is 10.5 Å². The Bertz CT molecular complexity index is 253. The summed E-state index contributed by atoms with van der Waals surface area (Å²) in [6.45, 7) is 3.99. The number of ether oxygens (including phenoxy) is 1. The second-order valence-corrected chi connectivity index (χ2v) is 5.20. The molecule has 2 atom stereocenters. The fourth-order valence-corrected chi connectivity index (χ4v) is 1.71. The molecule has 92 valence electrons. The molecule has 0 saturated heterocycles. The maximum Gasteiger partial charge on any atom is 0.213 e. The normalized spacial score (nSPS) is 16.3. The van der Waals surface area contributed by atoms with Gasteiger partial charge in [0.25, 0.3) is 0 Å². The van der Waals surface area contributed by atoms with Gasteiger partial charge in [0, 0.05) is 19.2 Å². The van der Waals surface area contributed by atoms with Crippen LogP contribution >= 0.6 is 0 Å². The molecule has 0 spiro atoms. The fraction of sp³-hybridized carbons (Fsp3) is 1.00. The van der Waals surface area contributed by atoms with E-state index >= 15 is 0 Å². The van der Waals surface area contributed by atoms with Crippen molar-refractivity contribution in [1.82, 2.24) is 4.72 Å². The van der Waals surface area contributed by atoms with E-state index in [-0.39, 0.29) is 18.9 Å². The Morgan fingerprint density at radius 2 is 2.13 bits per heavy atom. The lowest BCUT2D eigenvalue weighted by Gasteiger charge is -2.15. The minimum absolute atomic E-state index is 0.0339. The third kappa shape index (κ3) is 7.69. The predicted molar refractivity (Wildman–Crippen MR) is 57.9 cm³/mol. The molecule has 0 aromatic rings. The van der Waals surface area contributed by atoms with E-state index in [2.05, 4.69) is 4.72 Å². The lowest BCUT2D eigenvalue weighted by Crippen LogP contribution is -2.44. The first-order valence-electron chi connectivity index (χ1n) is 4.87. The SMILES string of the molecule is CCOCCS(=O)(=O)NCC(N)C(C)O. The number of sulfonamides is 1. The van der Waals surface area contributed by atoms with Crippen molar-refractivity contribution in [3.8, 4) is 0 Å². The molecule has 0 bridgehead atoms. The van der Waals surface area contributed by atoms with Crippen LogP contribution in [0.3, 0.4) is 0 Å². The van der Waals surface area contributed by atoms with Gasteiger partial charge in [-0.25, -0.2) is 13.1 Å². The fourth-order valence-electron chi connectivity index (χ4n) is 0.779. The molecule has 7 heteroatoms. The maximum absolute atomic E-state index is 11.3. The Labute approximate surface area is 90.9 Å². The first-order valence-corrected chi connectivity index (χ1v) is 6.53. The Hall–Kier alpha value is -0.210. The van der Waals surface area contributed by atoms with Crippen molar-refractivity contribution in [1.29, 1.82) is 0 Å². The van der Waals surface area contributed by atoms with Crippen molar-refractivity contribution in [3.63, 3.8) is 0 Å². The van der Waals surface area contributed by atoms with E-state index in [4.69, 9.17) is 15.6 Å². The summed E-state index contributed by atoms with van der Waals surface area (Å²) in [6, 6.07) is -0.591. The molecule has 0 aromatic heterocycles. The van der Waals surface area contributed by atoms with Gasteiger partial charge >= 0.3 is 0 Å². The topological polar surface area (TPSA) is 102 Å². The van der Waals surface area contributed by atoms with Gasteiger partial charge in [-0.15, -0.1) is 0 Å². The molecule has 6 nitrogen and oxygen atoms in total. The van der Waals surface area contributed by atoms with Crippen LogP contribution in [0.1, 0.15) is 13.8 Å². The van der Waals surface area contributed by atoms with Gasteiger partial charge in [-0.05, 0) is 13.8 Å². The average molecular weight is 240 g/mol. The maximum atomic E-state index is 11.3. The molecule has 2 unspecified atom stereocenters. The quantitative estimate of drug-likeness (QED) is 0.455. The van der Waals surface area contributed by atoms with E-state index in [1.807, 2.05) is 0 Å². The van der Waals surface area contributed by atoms with Gasteiger partial charge in [-0.1, -0.05) is 0 Å². The summed E-state index contributed by atoms with van der Waals surface area (Å²) < 4.78 is 29.8. The molecule has 0 aliphatic heterocycles. The zero-order chi connectivity index (χ0) is 11.9. The molecule has 0 amide bonds. The number of aliphatic hydroxyl groups is 1. The lowest BCUT2D eigenvalue weighted by atomic mass is 10.2. The van der Waals surface area contributed by atoms with Crippen molar-refractivity contribution in [2.24, 2.45) is 5.73 Å². The standard InChI is InChI=1S/C8H20N2O4S/c1-3-14-4-5-15(12,13)10-6-8(9)7(2)11/h7-8,10-11H,3-6,9H2,1-2H3. The van der Waals surface area contributed by atoms with Gasteiger partial charge in [0.2, 0.25) is 10.0 Å². The molecular formula is C8H20N2O4S. The summed E-state index contributed by atoms with van der Waals surface area (Å²) in [7, 11) is -3.35. The number of aliphatic hydroxyl groups excluding tert-OH is 1. The monoisotopic (exact) mass is 240 g/mol. The third-order valence-electron chi connectivity index (χ3n) is 1.86. The third-order valence-corrected chi connectivity index (χ3v) is 3.17. The molecule has 15 heavy (non-hydrogen) atoms. The largest absolute Gasteiger partial charge is 0.392 e. The van der Waals surface area contributed by atoms with Crippen LogP contribution in [-0.2, 0) is 14.8 Å². The van der Waals surface area contributed by atoms with E-state index in [0.29, 0.717) is 6.61 Å². The van der Waals surface area contributed by atoms with Crippen molar-refractivity contribution in [2.45, 2.75) is 26.0 Å². The van der Waals surface area contributed by atoms with E-state index in [1.54, 1.807) is 6.92 Å². The van der Waals surface area contributed by atoms with E-state index < -0.39 is 22.2 Å². The van der Waals surface area contributed by atoms with Crippen LogP contribution in [0.4, 0.5) is 0 Å². The van der Waals surface area contributed by atoms with Gasteiger partial charge < -0.3 is 15.6 Å². The van der Waals surface area contributed by atoms with Crippen molar-refractivity contribution in [3.05, 3.63) is 0 Å². The number of hydrogen-bond acceptors (Lipinski definition) is 5. The van der Waals surface area contributed by atoms with Gasteiger partial charge in [0.1, 0.15) is 0 Å². The second kappa shape index (κ2) is 7.13. The van der Waals surface area contributed by atoms with Gasteiger partial charge in [-0.3, -0.25) is 0 Å². The highest BCUT2D eigenvalue weighted by atomic mass is 32.2. The molecule has 0 aliphatic carbocycles. The summed E-state index contributed by atoms with van der Waals surface area (Å²) in [4.78, 5) is 0. The Kier molecular flexibility index (Phi) is 7.03. The molecule has 4 N–H and O–H groups in total. The molecular weight excluding hydrogens is 220 g/mol. The van der Waals surface area contributed by atoms with Crippen LogP contribution in [0.25, 0.3) is 0 Å². The minimum atomic E-state index is -3.35. The van der Waals surface area contributed by atoms with Crippen LogP contribution in [0.5, 0.6) is 0 Å². The highest BCUT2D eigenvalue weighted by Crippen LogP contribution is 1.90. The van der Waals surface area contributed by atoms with Gasteiger partial charge in [-0.2, -0.15) is 0 Å². The van der Waals surface area contributed by atoms with Crippen molar-refractivity contribution < 1.29 is 18.3 Å². The van der Waals surface area contributed by atoms with E-state index in [1.165, 1.54) is 6.92 Å². The lowest BCUT2D eigenvalue weighted by molar-refractivity contribution is 0.162. The summed E-state index contributed by atoms with van der Waals surface area (Å²) in [6.07, 6.45) is -0.736. The van der Waals surface area contributed by atoms with Gasteiger partial charge in [0.05, 0.1) is 18.5 Å². The van der Waals surface area contributed by atoms with Crippen LogP contribution in [0.15, 0.2) is 0 Å². The van der Waals surface area contributed by atoms with Gasteiger partial charge in [0.15, 0.2) is 0 Å². The Balaban J connectivity index is 3.84. The summed E-state index contributed by atoms with van der Waals surface area (Å²) >= 11 is 0. The molecule has 0 saturated carbocycles. The minimum Gasteiger partial charge on any atom is -0.392 e. The highest BCUT2D eigenvalue weighted by Gasteiger charge is 2.14. The molecule has 0 fully saturated rings. The predicted octanol–water partition coefficient (Wildman–Crippen LogP) is -1.35. The zero-order valence-corrected chi connectivity index (χ0v) is 9.96. The van der Waals surface area contributed by atoms with Crippen LogP contribution in [0, 0.1) is 0 Å². The summed E-state index contributed by atoms with van der Waals surface area (Å²) in [5.74, 6) is -0.0899.